The number of aromatic nitrogens is 1. The summed E-state index contributed by atoms with van der Waals surface area (Å²) in [7, 11) is 0. The predicted octanol–water partition coefficient (Wildman–Crippen LogP) is 3.12. The van der Waals surface area contributed by atoms with Crippen LogP contribution in [0.5, 0.6) is 0 Å². The van der Waals surface area contributed by atoms with Crippen molar-refractivity contribution < 1.29 is 4.79 Å². The van der Waals surface area contributed by atoms with Crippen LogP contribution in [0.2, 0.25) is 5.15 Å². The van der Waals surface area contributed by atoms with E-state index < -0.39 is 0 Å². The van der Waals surface area contributed by atoms with Gasteiger partial charge in [0.05, 0.1) is 6.04 Å². The molecule has 1 fully saturated rings. The summed E-state index contributed by atoms with van der Waals surface area (Å²) in [6, 6.07) is 2.04. The molecule has 1 aliphatic heterocycles. The number of pyridine rings is 1. The highest BCUT2D eigenvalue weighted by Crippen LogP contribution is 2.32. The molecule has 2 heterocycles. The summed E-state index contributed by atoms with van der Waals surface area (Å²) in [4.78, 5) is 17.7. The molecular weight excluding hydrogens is 236 g/mol. The smallest absolute Gasteiger partial charge is 0.219 e. The van der Waals surface area contributed by atoms with E-state index in [0.717, 1.165) is 36.9 Å². The topological polar surface area (TPSA) is 33.2 Å². The summed E-state index contributed by atoms with van der Waals surface area (Å²) in [5, 5.41) is 0.511. The molecule has 0 saturated carbocycles. The zero-order valence-corrected chi connectivity index (χ0v) is 11.0. The van der Waals surface area contributed by atoms with Crippen LogP contribution in [0, 0.1) is 6.92 Å². The third kappa shape index (κ3) is 2.60. The lowest BCUT2D eigenvalue weighted by atomic mass is 9.93. The Hall–Kier alpha value is -1.09. The third-order valence-corrected chi connectivity index (χ3v) is 3.59. The molecule has 2 rings (SSSR count). The summed E-state index contributed by atoms with van der Waals surface area (Å²) in [6.07, 6.45) is 5.08. The highest BCUT2D eigenvalue weighted by Gasteiger charge is 2.27. The van der Waals surface area contributed by atoms with Crippen LogP contribution < -0.4 is 0 Å². The van der Waals surface area contributed by atoms with Crippen LogP contribution in [0.4, 0.5) is 0 Å². The predicted molar refractivity (Wildman–Crippen MR) is 68.0 cm³/mol. The number of hydrogen-bond acceptors (Lipinski definition) is 2. The van der Waals surface area contributed by atoms with Crippen molar-refractivity contribution in [2.45, 2.75) is 39.2 Å². The van der Waals surface area contributed by atoms with E-state index in [0.29, 0.717) is 5.15 Å². The van der Waals surface area contributed by atoms with Crippen molar-refractivity contribution in [2.24, 2.45) is 0 Å². The van der Waals surface area contributed by atoms with Gasteiger partial charge < -0.3 is 4.90 Å². The quantitative estimate of drug-likeness (QED) is 0.720. The van der Waals surface area contributed by atoms with Gasteiger partial charge in [-0.3, -0.25) is 4.79 Å². The minimum absolute atomic E-state index is 0.143. The number of likely N-dealkylation sites (tertiary alicyclic amines) is 1. The van der Waals surface area contributed by atoms with Crippen molar-refractivity contribution in [1.82, 2.24) is 9.88 Å². The summed E-state index contributed by atoms with van der Waals surface area (Å²) >= 11 is 5.86. The normalized spacial score (nSPS) is 20.4. The van der Waals surface area contributed by atoms with Gasteiger partial charge in [-0.25, -0.2) is 4.98 Å². The number of hydrogen-bond donors (Lipinski definition) is 0. The second kappa shape index (κ2) is 5.05. The average molecular weight is 253 g/mol. The number of halogens is 1. The fraction of sp³-hybridized carbons (Fsp3) is 0.538. The maximum Gasteiger partial charge on any atom is 0.219 e. The molecule has 0 radical (unpaired) electrons. The fourth-order valence-corrected chi connectivity index (χ4v) is 2.73. The number of carbonyl (C=O) groups is 1. The van der Waals surface area contributed by atoms with Crippen molar-refractivity contribution in [1.29, 1.82) is 0 Å². The Labute approximate surface area is 107 Å². The Balaban J connectivity index is 2.32. The lowest BCUT2D eigenvalue weighted by Gasteiger charge is -2.36. The molecule has 0 bridgehead atoms. The van der Waals surface area contributed by atoms with E-state index in [1.165, 1.54) is 0 Å². The molecule has 0 spiro atoms. The molecule has 0 N–H and O–H groups in total. The number of amides is 1. The molecule has 3 nitrogen and oxygen atoms in total. The first-order chi connectivity index (χ1) is 8.09. The maximum atomic E-state index is 11.6. The second-order valence-electron chi connectivity index (χ2n) is 4.59. The van der Waals surface area contributed by atoms with Gasteiger partial charge in [0.15, 0.2) is 0 Å². The van der Waals surface area contributed by atoms with E-state index in [9.17, 15) is 4.79 Å². The van der Waals surface area contributed by atoms with Crippen LogP contribution in [-0.2, 0) is 4.79 Å². The van der Waals surface area contributed by atoms with E-state index in [2.05, 4.69) is 4.98 Å². The second-order valence-corrected chi connectivity index (χ2v) is 4.97. The van der Waals surface area contributed by atoms with Crippen LogP contribution in [0.25, 0.3) is 0 Å². The minimum Gasteiger partial charge on any atom is -0.336 e. The summed E-state index contributed by atoms with van der Waals surface area (Å²) in [5.41, 5.74) is 2.24. The molecule has 17 heavy (non-hydrogen) atoms. The van der Waals surface area contributed by atoms with Crippen molar-refractivity contribution in [2.75, 3.05) is 6.54 Å². The van der Waals surface area contributed by atoms with Crippen LogP contribution in [-0.4, -0.2) is 22.3 Å². The fourth-order valence-electron chi connectivity index (χ4n) is 2.51. The van der Waals surface area contributed by atoms with E-state index in [1.807, 2.05) is 24.1 Å². The number of carbonyl (C=O) groups excluding carboxylic acids is 1. The monoisotopic (exact) mass is 252 g/mol. The van der Waals surface area contributed by atoms with Gasteiger partial charge in [0.1, 0.15) is 5.15 Å². The van der Waals surface area contributed by atoms with Gasteiger partial charge in [0.25, 0.3) is 0 Å². The van der Waals surface area contributed by atoms with E-state index in [4.69, 9.17) is 11.6 Å². The average Bonchev–Trinajstić information content (AvgIpc) is 2.29. The van der Waals surface area contributed by atoms with Gasteiger partial charge in [0, 0.05) is 19.7 Å². The minimum atomic E-state index is 0.143. The first kappa shape index (κ1) is 12.4. The van der Waals surface area contributed by atoms with Crippen molar-refractivity contribution in [3.05, 3.63) is 28.5 Å². The molecular formula is C13H17ClN2O. The summed E-state index contributed by atoms with van der Waals surface area (Å²) in [6.45, 7) is 4.51. The number of aryl methyl sites for hydroxylation is 1. The molecule has 1 aromatic heterocycles. The first-order valence-corrected chi connectivity index (χ1v) is 6.36. The van der Waals surface area contributed by atoms with Gasteiger partial charge in [-0.2, -0.15) is 0 Å². The van der Waals surface area contributed by atoms with E-state index in [-0.39, 0.29) is 11.9 Å². The van der Waals surface area contributed by atoms with Gasteiger partial charge in [-0.1, -0.05) is 11.6 Å². The Morgan fingerprint density at radius 2 is 2.29 bits per heavy atom. The molecule has 4 heteroatoms. The van der Waals surface area contributed by atoms with Crippen LogP contribution in [0.3, 0.4) is 0 Å². The van der Waals surface area contributed by atoms with Crippen molar-refractivity contribution in [3.63, 3.8) is 0 Å². The maximum absolute atomic E-state index is 11.6. The summed E-state index contributed by atoms with van der Waals surface area (Å²) < 4.78 is 0. The molecule has 1 amide bonds. The summed E-state index contributed by atoms with van der Waals surface area (Å²) in [5.74, 6) is 0.143. The number of nitrogens with zero attached hydrogens (tertiary/aromatic N) is 2. The molecule has 1 atom stereocenters. The third-order valence-electron chi connectivity index (χ3n) is 3.38. The van der Waals surface area contributed by atoms with Gasteiger partial charge >= 0.3 is 0 Å². The Bertz CT molecular complexity index is 433. The first-order valence-electron chi connectivity index (χ1n) is 5.99. The van der Waals surface area contributed by atoms with Gasteiger partial charge in [0.2, 0.25) is 5.91 Å². The van der Waals surface area contributed by atoms with Gasteiger partial charge in [-0.05, 0) is 43.4 Å². The Kier molecular flexibility index (Phi) is 3.67. The van der Waals surface area contributed by atoms with E-state index in [1.54, 1.807) is 6.92 Å². The van der Waals surface area contributed by atoms with E-state index >= 15 is 0 Å². The number of piperidine rings is 1. The van der Waals surface area contributed by atoms with Crippen molar-refractivity contribution in [3.8, 4) is 0 Å². The Morgan fingerprint density at radius 1 is 1.53 bits per heavy atom. The molecule has 1 saturated heterocycles. The highest BCUT2D eigenvalue weighted by molar-refractivity contribution is 6.29. The molecule has 0 aromatic carbocycles. The largest absolute Gasteiger partial charge is 0.336 e. The zero-order chi connectivity index (χ0) is 12.4. The highest BCUT2D eigenvalue weighted by atomic mass is 35.5. The van der Waals surface area contributed by atoms with Crippen LogP contribution in [0.1, 0.15) is 43.4 Å². The Morgan fingerprint density at radius 3 is 2.94 bits per heavy atom. The molecule has 0 aliphatic carbocycles. The lowest BCUT2D eigenvalue weighted by molar-refractivity contribution is -0.132. The molecule has 1 aromatic rings. The molecule has 92 valence electrons. The number of rotatable bonds is 1. The standard InChI is InChI=1S/C13H17ClN2O/c1-9-7-13(14)15-8-11(9)12-5-3-4-6-16(12)10(2)17/h7-8,12H,3-6H2,1-2H3. The lowest BCUT2D eigenvalue weighted by Crippen LogP contribution is -2.37. The van der Waals surface area contributed by atoms with Gasteiger partial charge in [-0.15, -0.1) is 0 Å². The van der Waals surface area contributed by atoms with Crippen molar-refractivity contribution >= 4 is 17.5 Å². The van der Waals surface area contributed by atoms with Crippen LogP contribution >= 0.6 is 11.6 Å². The molecule has 1 unspecified atom stereocenters. The molecule has 1 aliphatic rings. The SMILES string of the molecule is CC(=O)N1CCCCC1c1cnc(Cl)cc1C. The van der Waals surface area contributed by atoms with Crippen LogP contribution in [0.15, 0.2) is 12.3 Å². The zero-order valence-electron chi connectivity index (χ0n) is 10.2.